The van der Waals surface area contributed by atoms with Gasteiger partial charge in [-0.2, -0.15) is 8.78 Å². The normalized spacial score (nSPS) is 36.0. The van der Waals surface area contributed by atoms with Crippen molar-refractivity contribution >= 4 is 11.9 Å². The molecule has 0 aliphatic heterocycles. The van der Waals surface area contributed by atoms with Gasteiger partial charge in [0.05, 0.1) is 13.0 Å². The minimum absolute atomic E-state index is 0.0363. The van der Waals surface area contributed by atoms with E-state index in [0.717, 1.165) is 25.7 Å². The molecule has 154 valence electrons. The number of carbonyl (C=O) groups excluding carboxylic acids is 2. The van der Waals surface area contributed by atoms with Crippen molar-refractivity contribution in [3.63, 3.8) is 0 Å². The van der Waals surface area contributed by atoms with Crippen LogP contribution in [-0.4, -0.2) is 41.3 Å². The van der Waals surface area contributed by atoms with Crippen LogP contribution in [0.25, 0.3) is 0 Å². The number of alkyl halides is 2. The Morgan fingerprint density at radius 3 is 2.07 bits per heavy atom. The van der Waals surface area contributed by atoms with E-state index in [-0.39, 0.29) is 24.4 Å². The number of rotatable bonds is 7. The number of hydrogen-bond donors (Lipinski definition) is 1. The molecule has 0 amide bonds. The highest BCUT2D eigenvalue weighted by Gasteiger charge is 2.61. The zero-order valence-corrected chi connectivity index (χ0v) is 16.2. The third kappa shape index (κ3) is 3.59. The SMILES string of the molecule is CCOC(=O)C(F)(F)CC(O)C(=O)OC1(C(C)C)C2CC3CC(C2)CC1C3. The van der Waals surface area contributed by atoms with Crippen molar-refractivity contribution in [3.8, 4) is 0 Å². The highest BCUT2D eigenvalue weighted by molar-refractivity contribution is 5.80. The zero-order chi connectivity index (χ0) is 20.0. The Labute approximate surface area is 158 Å². The molecule has 0 spiro atoms. The molecule has 1 unspecified atom stereocenters. The van der Waals surface area contributed by atoms with Gasteiger partial charge >= 0.3 is 17.9 Å². The topological polar surface area (TPSA) is 72.8 Å². The van der Waals surface area contributed by atoms with Gasteiger partial charge < -0.3 is 14.6 Å². The van der Waals surface area contributed by atoms with Crippen LogP contribution in [0.15, 0.2) is 0 Å². The Balaban J connectivity index is 1.72. The van der Waals surface area contributed by atoms with Crippen LogP contribution in [0.1, 0.15) is 59.3 Å². The first-order chi connectivity index (χ1) is 12.6. The fourth-order valence-electron chi connectivity index (χ4n) is 6.04. The average molecular weight is 388 g/mol. The summed E-state index contributed by atoms with van der Waals surface area (Å²) in [6, 6.07) is 0. The number of carbonyl (C=O) groups is 2. The van der Waals surface area contributed by atoms with Crippen molar-refractivity contribution in [2.75, 3.05) is 6.61 Å². The van der Waals surface area contributed by atoms with E-state index < -0.39 is 36.0 Å². The van der Waals surface area contributed by atoms with Crippen molar-refractivity contribution in [1.29, 1.82) is 0 Å². The Kier molecular flexibility index (Phi) is 5.54. The van der Waals surface area contributed by atoms with Crippen LogP contribution >= 0.6 is 0 Å². The summed E-state index contributed by atoms with van der Waals surface area (Å²) >= 11 is 0. The molecule has 4 aliphatic carbocycles. The lowest BCUT2D eigenvalue weighted by atomic mass is 9.47. The predicted octanol–water partition coefficient (Wildman–Crippen LogP) is 3.33. The van der Waals surface area contributed by atoms with E-state index >= 15 is 0 Å². The van der Waals surface area contributed by atoms with Gasteiger partial charge in [0.25, 0.3) is 0 Å². The maximum Gasteiger partial charge on any atom is 0.377 e. The van der Waals surface area contributed by atoms with Crippen LogP contribution in [0.5, 0.6) is 0 Å². The summed E-state index contributed by atoms with van der Waals surface area (Å²) in [4.78, 5) is 23.9. The van der Waals surface area contributed by atoms with Gasteiger partial charge in [-0.1, -0.05) is 13.8 Å². The molecule has 4 bridgehead atoms. The van der Waals surface area contributed by atoms with Gasteiger partial charge in [-0.05, 0) is 68.6 Å². The molecule has 4 fully saturated rings. The van der Waals surface area contributed by atoms with Gasteiger partial charge in [-0.3, -0.25) is 0 Å². The predicted molar refractivity (Wildman–Crippen MR) is 92.9 cm³/mol. The van der Waals surface area contributed by atoms with Crippen LogP contribution in [0.4, 0.5) is 8.78 Å². The first kappa shape index (κ1) is 20.5. The molecule has 0 aromatic heterocycles. The highest BCUT2D eigenvalue weighted by atomic mass is 19.3. The van der Waals surface area contributed by atoms with Crippen molar-refractivity contribution in [1.82, 2.24) is 0 Å². The standard InChI is InChI=1S/C20H30F2O5/c1-4-26-18(25)19(21,22)10-16(23)17(24)27-20(11(2)3)14-6-12-5-13(8-14)9-15(20)7-12/h11-16,23H,4-10H2,1-3H3. The monoisotopic (exact) mass is 388 g/mol. The molecule has 0 aromatic rings. The second-order valence-corrected chi connectivity index (χ2v) is 8.88. The van der Waals surface area contributed by atoms with Crippen LogP contribution in [0.2, 0.25) is 0 Å². The van der Waals surface area contributed by atoms with Gasteiger partial charge in [-0.15, -0.1) is 0 Å². The molecule has 7 heteroatoms. The first-order valence-corrected chi connectivity index (χ1v) is 10.1. The molecular formula is C20H30F2O5. The molecule has 5 nitrogen and oxygen atoms in total. The Hall–Kier alpha value is -1.24. The van der Waals surface area contributed by atoms with Crippen LogP contribution in [0, 0.1) is 29.6 Å². The third-order valence-electron chi connectivity index (χ3n) is 6.89. The van der Waals surface area contributed by atoms with Crippen molar-refractivity contribution < 1.29 is 33.0 Å². The quantitative estimate of drug-likeness (QED) is 0.678. The summed E-state index contributed by atoms with van der Waals surface area (Å²) in [5.74, 6) is -4.92. The van der Waals surface area contributed by atoms with Crippen molar-refractivity contribution in [2.24, 2.45) is 29.6 Å². The first-order valence-electron chi connectivity index (χ1n) is 10.1. The number of halogens is 2. The van der Waals surface area contributed by atoms with Gasteiger partial charge in [0.1, 0.15) is 5.60 Å². The summed E-state index contributed by atoms with van der Waals surface area (Å²) in [5.41, 5.74) is -0.704. The van der Waals surface area contributed by atoms with E-state index in [4.69, 9.17) is 4.74 Å². The second-order valence-electron chi connectivity index (χ2n) is 8.88. The maximum atomic E-state index is 13.9. The van der Waals surface area contributed by atoms with Gasteiger partial charge in [0.2, 0.25) is 0 Å². The highest BCUT2D eigenvalue weighted by Crippen LogP contribution is 2.61. The van der Waals surface area contributed by atoms with Gasteiger partial charge in [0.15, 0.2) is 6.10 Å². The smallest absolute Gasteiger partial charge is 0.377 e. The molecule has 4 rings (SSSR count). The number of esters is 2. The molecule has 0 saturated heterocycles. The van der Waals surface area contributed by atoms with Gasteiger partial charge in [0, 0.05) is 0 Å². The lowest BCUT2D eigenvalue weighted by Gasteiger charge is -2.62. The zero-order valence-electron chi connectivity index (χ0n) is 16.2. The lowest BCUT2D eigenvalue weighted by molar-refractivity contribution is -0.232. The van der Waals surface area contributed by atoms with Crippen LogP contribution in [-0.2, 0) is 19.1 Å². The number of hydrogen-bond acceptors (Lipinski definition) is 5. The van der Waals surface area contributed by atoms with Crippen LogP contribution < -0.4 is 0 Å². The fraction of sp³-hybridized carbons (Fsp3) is 0.900. The van der Waals surface area contributed by atoms with E-state index in [1.807, 2.05) is 13.8 Å². The maximum absolute atomic E-state index is 13.9. The van der Waals surface area contributed by atoms with E-state index in [9.17, 15) is 23.5 Å². The molecule has 0 aromatic carbocycles. The number of aliphatic hydroxyl groups is 1. The molecule has 27 heavy (non-hydrogen) atoms. The Morgan fingerprint density at radius 2 is 1.63 bits per heavy atom. The van der Waals surface area contributed by atoms with Gasteiger partial charge in [-0.25, -0.2) is 9.59 Å². The lowest BCUT2D eigenvalue weighted by Crippen LogP contribution is -2.63. The molecular weight excluding hydrogens is 358 g/mol. The molecule has 0 heterocycles. The van der Waals surface area contributed by atoms with E-state index in [2.05, 4.69) is 4.74 Å². The second kappa shape index (κ2) is 7.30. The van der Waals surface area contributed by atoms with E-state index in [0.29, 0.717) is 11.8 Å². The summed E-state index contributed by atoms with van der Waals surface area (Å²) in [6.07, 6.45) is 1.84. The molecule has 1 N–H and O–H groups in total. The molecule has 4 aliphatic rings. The molecule has 4 saturated carbocycles. The summed E-state index contributed by atoms with van der Waals surface area (Å²) in [5, 5.41) is 10.1. The number of ether oxygens (including phenoxy) is 2. The largest absolute Gasteiger partial charge is 0.462 e. The Bertz CT molecular complexity index is 561. The molecule has 1 atom stereocenters. The minimum atomic E-state index is -3.93. The number of aliphatic hydroxyl groups excluding tert-OH is 1. The minimum Gasteiger partial charge on any atom is -0.462 e. The average Bonchev–Trinajstić information content (AvgIpc) is 2.56. The van der Waals surface area contributed by atoms with E-state index in [1.54, 1.807) is 0 Å². The van der Waals surface area contributed by atoms with Crippen molar-refractivity contribution in [2.45, 2.75) is 76.9 Å². The fourth-order valence-corrected chi connectivity index (χ4v) is 6.04. The molecule has 0 radical (unpaired) electrons. The summed E-state index contributed by atoms with van der Waals surface area (Å²) < 4.78 is 38.0. The Morgan fingerprint density at radius 1 is 1.11 bits per heavy atom. The van der Waals surface area contributed by atoms with E-state index in [1.165, 1.54) is 13.3 Å². The summed E-state index contributed by atoms with van der Waals surface area (Å²) in [6.45, 7) is 5.21. The summed E-state index contributed by atoms with van der Waals surface area (Å²) in [7, 11) is 0. The van der Waals surface area contributed by atoms with Crippen LogP contribution in [0.3, 0.4) is 0 Å². The third-order valence-corrected chi connectivity index (χ3v) is 6.89. The van der Waals surface area contributed by atoms with Crippen molar-refractivity contribution in [3.05, 3.63) is 0 Å².